The molecule has 7 heteroatoms. The first-order valence-electron chi connectivity index (χ1n) is 10.3. The number of ether oxygens (including phenoxy) is 3. The third-order valence-corrected chi connectivity index (χ3v) is 4.74. The van der Waals surface area contributed by atoms with Crippen molar-refractivity contribution < 1.29 is 19.0 Å². The molecule has 0 aliphatic heterocycles. The van der Waals surface area contributed by atoms with Crippen LogP contribution in [0.2, 0.25) is 0 Å². The zero-order valence-electron chi connectivity index (χ0n) is 19.4. The molecule has 0 radical (unpaired) electrons. The summed E-state index contributed by atoms with van der Waals surface area (Å²) in [5.74, 6) is 1.78. The second-order valence-electron chi connectivity index (χ2n) is 6.84. The van der Waals surface area contributed by atoms with Crippen LogP contribution in [0.25, 0.3) is 6.08 Å². The molecule has 3 aromatic carbocycles. The predicted octanol–water partition coefficient (Wildman–Crippen LogP) is 4.85. The van der Waals surface area contributed by atoms with Crippen LogP contribution in [0.4, 0.5) is 17.1 Å². The number of para-hydroxylation sites is 2. The Kier molecular flexibility index (Phi) is 10.1. The number of allylic oxidation sites excluding steroid dienone is 1. The van der Waals surface area contributed by atoms with Gasteiger partial charge < -0.3 is 30.6 Å². The summed E-state index contributed by atoms with van der Waals surface area (Å²) >= 11 is 0. The van der Waals surface area contributed by atoms with Gasteiger partial charge in [-0.2, -0.15) is 0 Å². The molecule has 0 aromatic heterocycles. The van der Waals surface area contributed by atoms with E-state index in [1.807, 2.05) is 67.7 Å². The number of rotatable bonds is 9. The molecule has 0 saturated heterocycles. The van der Waals surface area contributed by atoms with Crippen molar-refractivity contribution in [1.29, 1.82) is 0 Å². The standard InChI is InChI=1S/C19H21NO4.C7H10N2/c1-22-17-11-16(12-18(23-2)19(17)24-3)20-13-15-8-6-14(7-9-15)5-4-10-21;1-9-7-5-3-2-4-6(7)8/h4-12,20H,13H2,1-3H3;2-5,9H,8H2,1H3/b5-4+;. The van der Waals surface area contributed by atoms with Gasteiger partial charge in [-0.05, 0) is 29.3 Å². The van der Waals surface area contributed by atoms with Crippen LogP contribution in [0.15, 0.2) is 66.7 Å². The lowest BCUT2D eigenvalue weighted by atomic mass is 10.1. The number of nitrogens with two attached hydrogens (primary N) is 1. The highest BCUT2D eigenvalue weighted by Gasteiger charge is 2.12. The second kappa shape index (κ2) is 13.3. The molecule has 0 spiro atoms. The van der Waals surface area contributed by atoms with E-state index in [-0.39, 0.29) is 0 Å². The Morgan fingerprint density at radius 3 is 2.03 bits per heavy atom. The Morgan fingerprint density at radius 2 is 1.55 bits per heavy atom. The Labute approximate surface area is 195 Å². The molecule has 3 rings (SSSR count). The number of carbonyl (C=O) groups is 1. The summed E-state index contributed by atoms with van der Waals surface area (Å²) < 4.78 is 16.0. The quantitative estimate of drug-likeness (QED) is 0.244. The van der Waals surface area contributed by atoms with E-state index in [0.29, 0.717) is 23.8 Å². The van der Waals surface area contributed by atoms with E-state index < -0.39 is 0 Å². The van der Waals surface area contributed by atoms with Crippen LogP contribution in [0.5, 0.6) is 17.2 Å². The lowest BCUT2D eigenvalue weighted by molar-refractivity contribution is -0.104. The second-order valence-corrected chi connectivity index (χ2v) is 6.84. The van der Waals surface area contributed by atoms with Gasteiger partial charge in [0.25, 0.3) is 0 Å². The fourth-order valence-corrected chi connectivity index (χ4v) is 3.01. The van der Waals surface area contributed by atoms with Gasteiger partial charge in [0.2, 0.25) is 5.75 Å². The Bertz CT molecular complexity index is 1020. The van der Waals surface area contributed by atoms with Gasteiger partial charge >= 0.3 is 0 Å². The van der Waals surface area contributed by atoms with Crippen molar-refractivity contribution in [3.05, 3.63) is 77.9 Å². The third-order valence-electron chi connectivity index (χ3n) is 4.74. The first-order valence-corrected chi connectivity index (χ1v) is 10.3. The van der Waals surface area contributed by atoms with Crippen molar-refractivity contribution in [1.82, 2.24) is 0 Å². The molecule has 33 heavy (non-hydrogen) atoms. The van der Waals surface area contributed by atoms with Gasteiger partial charge in [0.15, 0.2) is 11.5 Å². The molecule has 7 nitrogen and oxygen atoms in total. The van der Waals surface area contributed by atoms with Gasteiger partial charge in [0, 0.05) is 31.4 Å². The number of aldehydes is 1. The molecular formula is C26H31N3O4. The van der Waals surface area contributed by atoms with E-state index in [1.54, 1.807) is 27.4 Å². The maximum absolute atomic E-state index is 10.3. The summed E-state index contributed by atoms with van der Waals surface area (Å²) in [6.07, 6.45) is 4.01. The number of carbonyl (C=O) groups excluding carboxylic acids is 1. The van der Waals surface area contributed by atoms with Crippen molar-refractivity contribution >= 4 is 29.4 Å². The predicted molar refractivity (Wildman–Crippen MR) is 135 cm³/mol. The van der Waals surface area contributed by atoms with Crippen LogP contribution in [0, 0.1) is 0 Å². The highest BCUT2D eigenvalue weighted by atomic mass is 16.5. The van der Waals surface area contributed by atoms with E-state index in [9.17, 15) is 4.79 Å². The van der Waals surface area contributed by atoms with Gasteiger partial charge in [0.05, 0.1) is 32.7 Å². The van der Waals surface area contributed by atoms with Gasteiger partial charge in [-0.3, -0.25) is 4.79 Å². The number of anilines is 3. The average Bonchev–Trinajstić information content (AvgIpc) is 2.86. The first-order chi connectivity index (χ1) is 16.1. The fraction of sp³-hybridized carbons (Fsp3) is 0.192. The first kappa shape index (κ1) is 25.1. The Hall–Kier alpha value is -4.13. The van der Waals surface area contributed by atoms with Crippen LogP contribution < -0.4 is 30.6 Å². The van der Waals surface area contributed by atoms with Crippen molar-refractivity contribution in [2.45, 2.75) is 6.54 Å². The Morgan fingerprint density at radius 1 is 0.909 bits per heavy atom. The van der Waals surface area contributed by atoms with Gasteiger partial charge in [-0.1, -0.05) is 42.5 Å². The molecule has 0 bridgehead atoms. The minimum Gasteiger partial charge on any atom is -0.493 e. The SMILES string of the molecule is CNc1ccccc1N.COc1cc(NCc2ccc(/C=C/C=O)cc2)cc(OC)c1OC. The van der Waals surface area contributed by atoms with Crippen molar-refractivity contribution in [3.63, 3.8) is 0 Å². The molecule has 3 aromatic rings. The molecule has 174 valence electrons. The van der Waals surface area contributed by atoms with E-state index in [0.717, 1.165) is 34.5 Å². The molecule has 0 aliphatic rings. The van der Waals surface area contributed by atoms with Crippen molar-refractivity contribution in [3.8, 4) is 17.2 Å². The van der Waals surface area contributed by atoms with Crippen LogP contribution >= 0.6 is 0 Å². The summed E-state index contributed by atoms with van der Waals surface area (Å²) in [6, 6.07) is 19.3. The van der Waals surface area contributed by atoms with Crippen LogP contribution in [-0.2, 0) is 11.3 Å². The van der Waals surface area contributed by atoms with E-state index >= 15 is 0 Å². The monoisotopic (exact) mass is 449 g/mol. The topological polar surface area (TPSA) is 94.8 Å². The number of methoxy groups -OCH3 is 3. The number of hydrogen-bond acceptors (Lipinski definition) is 7. The number of nitrogen functional groups attached to an aromatic ring is 1. The van der Waals surface area contributed by atoms with E-state index in [4.69, 9.17) is 19.9 Å². The van der Waals surface area contributed by atoms with Crippen LogP contribution in [-0.4, -0.2) is 34.7 Å². The van der Waals surface area contributed by atoms with E-state index in [1.165, 1.54) is 6.08 Å². The smallest absolute Gasteiger partial charge is 0.203 e. The number of benzene rings is 3. The van der Waals surface area contributed by atoms with Gasteiger partial charge in [-0.15, -0.1) is 0 Å². The Balaban J connectivity index is 0.000000357. The van der Waals surface area contributed by atoms with Crippen molar-refractivity contribution in [2.24, 2.45) is 0 Å². The lowest BCUT2D eigenvalue weighted by Crippen LogP contribution is -2.02. The normalized spacial score (nSPS) is 10.1. The minimum atomic E-state index is 0.567. The molecule has 0 unspecified atom stereocenters. The maximum Gasteiger partial charge on any atom is 0.203 e. The summed E-state index contributed by atoms with van der Waals surface area (Å²) in [5, 5.41) is 6.30. The molecule has 0 aliphatic carbocycles. The summed E-state index contributed by atoms with van der Waals surface area (Å²) in [7, 11) is 6.61. The molecule has 0 amide bonds. The molecule has 0 atom stereocenters. The highest BCUT2D eigenvalue weighted by molar-refractivity contribution is 5.73. The highest BCUT2D eigenvalue weighted by Crippen LogP contribution is 2.40. The number of nitrogens with one attached hydrogen (secondary N) is 2. The molecular weight excluding hydrogens is 418 g/mol. The zero-order chi connectivity index (χ0) is 24.1. The summed E-state index contributed by atoms with van der Waals surface area (Å²) in [6.45, 7) is 0.649. The van der Waals surface area contributed by atoms with Gasteiger partial charge in [0.1, 0.15) is 6.29 Å². The molecule has 0 heterocycles. The van der Waals surface area contributed by atoms with Crippen LogP contribution in [0.1, 0.15) is 11.1 Å². The maximum atomic E-state index is 10.3. The molecule has 0 fully saturated rings. The van der Waals surface area contributed by atoms with E-state index in [2.05, 4.69) is 10.6 Å². The number of hydrogen-bond donors (Lipinski definition) is 3. The van der Waals surface area contributed by atoms with Gasteiger partial charge in [-0.25, -0.2) is 0 Å². The van der Waals surface area contributed by atoms with Crippen LogP contribution in [0.3, 0.4) is 0 Å². The largest absolute Gasteiger partial charge is 0.493 e. The summed E-state index contributed by atoms with van der Waals surface area (Å²) in [5.41, 5.74) is 10.3. The third kappa shape index (κ3) is 7.50. The molecule has 4 N–H and O–H groups in total. The zero-order valence-corrected chi connectivity index (χ0v) is 19.4. The fourth-order valence-electron chi connectivity index (χ4n) is 3.01. The van der Waals surface area contributed by atoms with Crippen molar-refractivity contribution in [2.75, 3.05) is 44.7 Å². The summed E-state index contributed by atoms with van der Waals surface area (Å²) in [4.78, 5) is 10.3. The lowest BCUT2D eigenvalue weighted by Gasteiger charge is -2.15. The minimum absolute atomic E-state index is 0.567. The average molecular weight is 450 g/mol. The molecule has 0 saturated carbocycles.